The van der Waals surface area contributed by atoms with Gasteiger partial charge in [0.15, 0.2) is 17.5 Å². The third-order valence-electron chi connectivity index (χ3n) is 3.78. The number of para-hydroxylation sites is 1. The third-order valence-corrected chi connectivity index (χ3v) is 4.51. The number of rotatable bonds is 10. The lowest BCUT2D eigenvalue weighted by molar-refractivity contribution is -0.137. The first-order valence-electron chi connectivity index (χ1n) is 8.84. The molecule has 1 unspecified atom stereocenters. The van der Waals surface area contributed by atoms with Gasteiger partial charge in [-0.1, -0.05) is 19.1 Å². The summed E-state index contributed by atoms with van der Waals surface area (Å²) in [6.07, 6.45) is -3.74. The van der Waals surface area contributed by atoms with Crippen molar-refractivity contribution >= 4 is 34.5 Å². The molecule has 0 aliphatic rings. The summed E-state index contributed by atoms with van der Waals surface area (Å²) in [5.74, 6) is 0. The first kappa shape index (κ1) is 22.5. The van der Waals surface area contributed by atoms with Gasteiger partial charge in [-0.25, -0.2) is 14.8 Å². The van der Waals surface area contributed by atoms with Crippen LogP contribution in [-0.4, -0.2) is 41.6 Å². The van der Waals surface area contributed by atoms with Crippen molar-refractivity contribution in [2.24, 2.45) is 0 Å². The number of carbonyl (C=O) groups is 2. The predicted molar refractivity (Wildman–Crippen MR) is 104 cm³/mol. The van der Waals surface area contributed by atoms with Crippen LogP contribution in [0, 0.1) is 0 Å². The molecule has 1 heterocycles. The molecule has 2 aromatic rings. The quantitative estimate of drug-likeness (QED) is 0.330. The van der Waals surface area contributed by atoms with Crippen LogP contribution in [0.15, 0.2) is 35.8 Å². The molecule has 0 spiro atoms. The fourth-order valence-corrected chi connectivity index (χ4v) is 2.87. The zero-order chi connectivity index (χ0) is 21.3. The first-order chi connectivity index (χ1) is 13.8. The highest BCUT2D eigenvalue weighted by Crippen LogP contribution is 2.34. The Kier molecular flexibility index (Phi) is 8.25. The molecule has 2 N–H and O–H groups in total. The Balaban J connectivity index is 2.09. The van der Waals surface area contributed by atoms with Crippen molar-refractivity contribution in [2.75, 3.05) is 23.8 Å². The molecule has 0 saturated carbocycles. The summed E-state index contributed by atoms with van der Waals surface area (Å²) in [4.78, 5) is 27.4. The number of nitrogens with one attached hydrogen (secondary N) is 2. The number of carbonyl (C=O) groups excluding carboxylic acids is 2. The standard InChI is InChI=1S/C18H21F3N4O3S/c1-2-13(12-26)28-17(27)25(10-5-8-22-16-23-9-11-29-16)24-15-7-4-3-6-14(15)18(19,20)21/h3-4,6-7,9,11-13,24H,2,5,8,10H2,1H3,(H,22,23). The zero-order valence-corrected chi connectivity index (χ0v) is 16.4. The minimum absolute atomic E-state index is 0.0404. The second-order valence-electron chi connectivity index (χ2n) is 5.89. The van der Waals surface area contributed by atoms with Crippen molar-refractivity contribution in [3.05, 3.63) is 41.4 Å². The number of thiazole rings is 1. The van der Waals surface area contributed by atoms with Crippen molar-refractivity contribution in [3.8, 4) is 0 Å². The highest BCUT2D eigenvalue weighted by molar-refractivity contribution is 7.13. The number of halogens is 3. The van der Waals surface area contributed by atoms with Crippen LogP contribution < -0.4 is 10.7 Å². The number of hydrogen-bond acceptors (Lipinski definition) is 7. The molecule has 0 radical (unpaired) electrons. The largest absolute Gasteiger partial charge is 0.437 e. The van der Waals surface area contributed by atoms with Crippen molar-refractivity contribution < 1.29 is 27.5 Å². The molecule has 7 nitrogen and oxygen atoms in total. The molecule has 1 atom stereocenters. The monoisotopic (exact) mass is 430 g/mol. The van der Waals surface area contributed by atoms with Crippen LogP contribution in [-0.2, 0) is 15.7 Å². The maximum atomic E-state index is 13.2. The molecule has 0 bridgehead atoms. The number of hydrazine groups is 1. The van der Waals surface area contributed by atoms with E-state index in [0.29, 0.717) is 24.4 Å². The molecule has 0 fully saturated rings. The SMILES string of the molecule is CCC(C=O)OC(=O)N(CCCNc1nccs1)Nc1ccccc1C(F)(F)F. The summed E-state index contributed by atoms with van der Waals surface area (Å²) < 4.78 is 44.8. The molecule has 0 saturated heterocycles. The van der Waals surface area contributed by atoms with Gasteiger partial charge in [-0.2, -0.15) is 13.2 Å². The topological polar surface area (TPSA) is 83.6 Å². The summed E-state index contributed by atoms with van der Waals surface area (Å²) >= 11 is 1.40. The van der Waals surface area contributed by atoms with Gasteiger partial charge in [0.2, 0.25) is 0 Å². The first-order valence-corrected chi connectivity index (χ1v) is 9.72. The maximum absolute atomic E-state index is 13.2. The van der Waals surface area contributed by atoms with Crippen LogP contribution in [0.1, 0.15) is 25.3 Å². The minimum Gasteiger partial charge on any atom is -0.437 e. The number of ether oxygens (including phenoxy) is 1. The summed E-state index contributed by atoms with van der Waals surface area (Å²) in [5, 5.41) is 6.47. The Morgan fingerprint density at radius 3 is 2.76 bits per heavy atom. The van der Waals surface area contributed by atoms with E-state index in [1.807, 2.05) is 0 Å². The Labute approximate surface area is 169 Å². The molecule has 0 aliphatic heterocycles. The van der Waals surface area contributed by atoms with Gasteiger partial charge >= 0.3 is 12.3 Å². The van der Waals surface area contributed by atoms with Gasteiger partial charge in [-0.05, 0) is 25.0 Å². The van der Waals surface area contributed by atoms with Crippen LogP contribution >= 0.6 is 11.3 Å². The molecule has 158 valence electrons. The second-order valence-corrected chi connectivity index (χ2v) is 6.79. The number of alkyl halides is 3. The lowest BCUT2D eigenvalue weighted by Gasteiger charge is -2.26. The van der Waals surface area contributed by atoms with E-state index in [1.165, 1.54) is 29.5 Å². The van der Waals surface area contributed by atoms with Crippen LogP contribution in [0.5, 0.6) is 0 Å². The summed E-state index contributed by atoms with van der Waals surface area (Å²) in [7, 11) is 0. The van der Waals surface area contributed by atoms with Gasteiger partial charge in [-0.3, -0.25) is 10.2 Å². The highest BCUT2D eigenvalue weighted by atomic mass is 32.1. The van der Waals surface area contributed by atoms with E-state index >= 15 is 0 Å². The lowest BCUT2D eigenvalue weighted by Crippen LogP contribution is -2.40. The maximum Gasteiger partial charge on any atom is 0.429 e. The number of aldehydes is 1. The molecule has 1 amide bonds. The predicted octanol–water partition coefficient (Wildman–Crippen LogP) is 4.41. The molecule has 1 aromatic carbocycles. The van der Waals surface area contributed by atoms with E-state index in [4.69, 9.17) is 4.74 Å². The van der Waals surface area contributed by atoms with Crippen molar-refractivity contribution in [1.29, 1.82) is 0 Å². The Morgan fingerprint density at radius 1 is 1.38 bits per heavy atom. The van der Waals surface area contributed by atoms with Crippen molar-refractivity contribution in [1.82, 2.24) is 9.99 Å². The van der Waals surface area contributed by atoms with Crippen LogP contribution in [0.2, 0.25) is 0 Å². The molecule has 0 aliphatic carbocycles. The van der Waals surface area contributed by atoms with E-state index < -0.39 is 23.9 Å². The van der Waals surface area contributed by atoms with E-state index in [0.717, 1.165) is 11.1 Å². The van der Waals surface area contributed by atoms with Gasteiger partial charge in [-0.15, -0.1) is 11.3 Å². The van der Waals surface area contributed by atoms with E-state index in [1.54, 1.807) is 18.5 Å². The Hall–Kier alpha value is -2.82. The number of nitrogens with zero attached hydrogens (tertiary/aromatic N) is 2. The van der Waals surface area contributed by atoms with Crippen molar-refractivity contribution in [2.45, 2.75) is 32.0 Å². The Morgan fingerprint density at radius 2 is 2.14 bits per heavy atom. The molecular weight excluding hydrogens is 409 g/mol. The average molecular weight is 430 g/mol. The normalized spacial score (nSPS) is 12.1. The summed E-state index contributed by atoms with van der Waals surface area (Å²) in [6, 6.07) is 4.81. The van der Waals surface area contributed by atoms with Crippen LogP contribution in [0.3, 0.4) is 0 Å². The summed E-state index contributed by atoms with van der Waals surface area (Å²) in [6.45, 7) is 2.13. The molecule has 29 heavy (non-hydrogen) atoms. The zero-order valence-electron chi connectivity index (χ0n) is 15.6. The third kappa shape index (κ3) is 6.93. The fraction of sp³-hybridized carbons (Fsp3) is 0.389. The second kappa shape index (κ2) is 10.6. The molecule has 1 aromatic heterocycles. The number of aromatic nitrogens is 1. The van der Waals surface area contributed by atoms with Crippen molar-refractivity contribution in [3.63, 3.8) is 0 Å². The molecular formula is C18H21F3N4O3S. The van der Waals surface area contributed by atoms with Gasteiger partial charge in [0.1, 0.15) is 0 Å². The number of hydrogen-bond donors (Lipinski definition) is 2. The highest BCUT2D eigenvalue weighted by Gasteiger charge is 2.34. The van der Waals surface area contributed by atoms with E-state index in [9.17, 15) is 22.8 Å². The number of benzene rings is 1. The number of anilines is 2. The minimum atomic E-state index is -4.60. The lowest BCUT2D eigenvalue weighted by atomic mass is 10.2. The van der Waals surface area contributed by atoms with Gasteiger partial charge < -0.3 is 10.1 Å². The molecule has 11 heteroatoms. The van der Waals surface area contributed by atoms with Gasteiger partial charge in [0.25, 0.3) is 0 Å². The van der Waals surface area contributed by atoms with Gasteiger partial charge in [0, 0.05) is 24.7 Å². The average Bonchev–Trinajstić information content (AvgIpc) is 3.21. The van der Waals surface area contributed by atoms with Crippen LogP contribution in [0.4, 0.5) is 28.8 Å². The number of amides is 1. The van der Waals surface area contributed by atoms with Gasteiger partial charge in [0.05, 0.1) is 11.3 Å². The molecule has 2 rings (SSSR count). The van der Waals surface area contributed by atoms with Crippen LogP contribution in [0.25, 0.3) is 0 Å². The summed E-state index contributed by atoms with van der Waals surface area (Å²) in [5.41, 5.74) is 1.28. The smallest absolute Gasteiger partial charge is 0.429 e. The van der Waals surface area contributed by atoms with E-state index in [-0.39, 0.29) is 18.7 Å². The Bertz CT molecular complexity index is 787. The fourth-order valence-electron chi connectivity index (χ4n) is 2.31. The van der Waals surface area contributed by atoms with E-state index in [2.05, 4.69) is 15.7 Å².